The summed E-state index contributed by atoms with van der Waals surface area (Å²) in [5.41, 5.74) is 7.51. The van der Waals surface area contributed by atoms with E-state index in [1.165, 1.54) is 0 Å². The molecule has 0 saturated carbocycles. The van der Waals surface area contributed by atoms with Gasteiger partial charge in [0.05, 0.1) is 6.61 Å². The second kappa shape index (κ2) is 5.05. The van der Waals surface area contributed by atoms with Crippen LogP contribution in [0.1, 0.15) is 31.1 Å². The van der Waals surface area contributed by atoms with Crippen LogP contribution in [0.2, 0.25) is 0 Å². The zero-order valence-electron chi connectivity index (χ0n) is 10.4. The van der Waals surface area contributed by atoms with E-state index in [0.29, 0.717) is 13.2 Å². The minimum Gasteiger partial charge on any atom is -0.493 e. The van der Waals surface area contributed by atoms with E-state index in [1.807, 2.05) is 32.0 Å². The van der Waals surface area contributed by atoms with Crippen molar-refractivity contribution in [3.63, 3.8) is 0 Å². The van der Waals surface area contributed by atoms with Gasteiger partial charge in [-0.3, -0.25) is 0 Å². The summed E-state index contributed by atoms with van der Waals surface area (Å²) in [6, 6.07) is 5.62. The van der Waals surface area contributed by atoms with Crippen LogP contribution in [0.5, 0.6) is 5.75 Å². The highest BCUT2D eigenvalue weighted by Gasteiger charge is 2.25. The largest absolute Gasteiger partial charge is 0.493 e. The van der Waals surface area contributed by atoms with E-state index in [9.17, 15) is 4.39 Å². The van der Waals surface area contributed by atoms with Gasteiger partial charge in [-0.05, 0) is 35.7 Å². The molecule has 0 radical (unpaired) electrons. The van der Waals surface area contributed by atoms with Crippen molar-refractivity contribution in [3.05, 3.63) is 29.3 Å². The SMILES string of the molecule is CC(C)C(CN)C(F)c1ccc2c(c1)CCO2. The summed E-state index contributed by atoms with van der Waals surface area (Å²) in [6.07, 6.45) is -0.101. The van der Waals surface area contributed by atoms with E-state index in [0.717, 1.165) is 23.3 Å². The molecule has 0 spiro atoms. The van der Waals surface area contributed by atoms with Crippen molar-refractivity contribution < 1.29 is 9.13 Å². The molecule has 1 aliphatic heterocycles. The van der Waals surface area contributed by atoms with Gasteiger partial charge in [0.1, 0.15) is 11.9 Å². The fourth-order valence-electron chi connectivity index (χ4n) is 2.35. The predicted molar refractivity (Wildman–Crippen MR) is 66.9 cm³/mol. The molecule has 94 valence electrons. The van der Waals surface area contributed by atoms with E-state index < -0.39 is 6.17 Å². The van der Waals surface area contributed by atoms with Crippen LogP contribution >= 0.6 is 0 Å². The summed E-state index contributed by atoms with van der Waals surface area (Å²) in [6.45, 7) is 5.12. The quantitative estimate of drug-likeness (QED) is 0.874. The normalized spacial score (nSPS) is 17.7. The van der Waals surface area contributed by atoms with Gasteiger partial charge in [0.25, 0.3) is 0 Å². The molecule has 0 aromatic heterocycles. The molecule has 1 aromatic carbocycles. The first kappa shape index (κ1) is 12.4. The van der Waals surface area contributed by atoms with Crippen LogP contribution < -0.4 is 10.5 Å². The Balaban J connectivity index is 2.21. The third kappa shape index (κ3) is 2.44. The van der Waals surface area contributed by atoms with E-state index >= 15 is 0 Å². The highest BCUT2D eigenvalue weighted by atomic mass is 19.1. The molecular formula is C14H20FNO. The second-order valence-corrected chi connectivity index (χ2v) is 5.01. The first-order chi connectivity index (χ1) is 8.13. The number of fused-ring (bicyclic) bond motifs is 1. The number of benzene rings is 1. The third-order valence-corrected chi connectivity index (χ3v) is 3.54. The van der Waals surface area contributed by atoms with Crippen LogP contribution in [-0.2, 0) is 6.42 Å². The van der Waals surface area contributed by atoms with E-state index in [1.54, 1.807) is 0 Å². The molecule has 0 bridgehead atoms. The van der Waals surface area contributed by atoms with Crippen molar-refractivity contribution in [1.29, 1.82) is 0 Å². The average Bonchev–Trinajstić information content (AvgIpc) is 2.75. The zero-order chi connectivity index (χ0) is 12.4. The van der Waals surface area contributed by atoms with Crippen molar-refractivity contribution in [1.82, 2.24) is 0 Å². The molecule has 3 heteroatoms. The van der Waals surface area contributed by atoms with Gasteiger partial charge in [0.2, 0.25) is 0 Å². The van der Waals surface area contributed by atoms with Gasteiger partial charge < -0.3 is 10.5 Å². The van der Waals surface area contributed by atoms with Crippen molar-refractivity contribution >= 4 is 0 Å². The van der Waals surface area contributed by atoms with Gasteiger partial charge in [-0.25, -0.2) is 4.39 Å². The van der Waals surface area contributed by atoms with Crippen molar-refractivity contribution in [2.45, 2.75) is 26.4 Å². The lowest BCUT2D eigenvalue weighted by Gasteiger charge is -2.23. The third-order valence-electron chi connectivity index (χ3n) is 3.54. The average molecular weight is 237 g/mol. The van der Waals surface area contributed by atoms with Gasteiger partial charge in [-0.2, -0.15) is 0 Å². The van der Waals surface area contributed by atoms with Crippen LogP contribution in [0.25, 0.3) is 0 Å². The van der Waals surface area contributed by atoms with Crippen molar-refractivity contribution in [3.8, 4) is 5.75 Å². The van der Waals surface area contributed by atoms with Gasteiger partial charge in [0, 0.05) is 12.3 Å². The molecule has 2 atom stereocenters. The maximum Gasteiger partial charge on any atom is 0.129 e. The Morgan fingerprint density at radius 2 is 2.18 bits per heavy atom. The monoisotopic (exact) mass is 237 g/mol. The maximum absolute atomic E-state index is 14.4. The van der Waals surface area contributed by atoms with E-state index in [-0.39, 0.29) is 11.8 Å². The number of alkyl halides is 1. The molecule has 0 fully saturated rings. The summed E-state index contributed by atoms with van der Waals surface area (Å²) >= 11 is 0. The number of hydrogen-bond acceptors (Lipinski definition) is 2. The smallest absolute Gasteiger partial charge is 0.129 e. The lowest BCUT2D eigenvalue weighted by molar-refractivity contribution is 0.188. The number of hydrogen-bond donors (Lipinski definition) is 1. The fourth-order valence-corrected chi connectivity index (χ4v) is 2.35. The van der Waals surface area contributed by atoms with Crippen LogP contribution in [0.4, 0.5) is 4.39 Å². The van der Waals surface area contributed by atoms with Crippen LogP contribution in [-0.4, -0.2) is 13.2 Å². The molecule has 2 unspecified atom stereocenters. The minimum absolute atomic E-state index is 0.115. The number of halogens is 1. The Bertz CT molecular complexity index is 392. The summed E-state index contributed by atoms with van der Waals surface area (Å²) in [4.78, 5) is 0. The lowest BCUT2D eigenvalue weighted by atomic mass is 9.87. The number of nitrogens with two attached hydrogens (primary N) is 1. The summed E-state index contributed by atoms with van der Waals surface area (Å²) < 4.78 is 19.8. The highest BCUT2D eigenvalue weighted by Crippen LogP contribution is 2.34. The molecule has 2 rings (SSSR count). The van der Waals surface area contributed by atoms with Gasteiger partial charge in [0.15, 0.2) is 0 Å². The van der Waals surface area contributed by atoms with Crippen molar-refractivity contribution in [2.75, 3.05) is 13.2 Å². The Kier molecular flexibility index (Phi) is 3.67. The minimum atomic E-state index is -0.981. The lowest BCUT2D eigenvalue weighted by Crippen LogP contribution is -2.24. The first-order valence-electron chi connectivity index (χ1n) is 6.23. The second-order valence-electron chi connectivity index (χ2n) is 5.01. The summed E-state index contributed by atoms with van der Waals surface area (Å²) in [5.74, 6) is 1.03. The van der Waals surface area contributed by atoms with E-state index in [4.69, 9.17) is 10.5 Å². The molecule has 17 heavy (non-hydrogen) atoms. The number of rotatable bonds is 4. The van der Waals surface area contributed by atoms with Gasteiger partial charge >= 0.3 is 0 Å². The molecule has 1 heterocycles. The van der Waals surface area contributed by atoms with E-state index in [2.05, 4.69) is 0 Å². The Labute approximate surface area is 102 Å². The predicted octanol–water partition coefficient (Wildman–Crippen LogP) is 2.86. The first-order valence-corrected chi connectivity index (χ1v) is 6.23. The summed E-state index contributed by atoms with van der Waals surface area (Å²) in [5, 5.41) is 0. The van der Waals surface area contributed by atoms with Crippen LogP contribution in [0, 0.1) is 11.8 Å². The highest BCUT2D eigenvalue weighted by molar-refractivity contribution is 5.40. The zero-order valence-corrected chi connectivity index (χ0v) is 10.4. The molecular weight excluding hydrogens is 217 g/mol. The Morgan fingerprint density at radius 3 is 2.82 bits per heavy atom. The molecule has 0 saturated heterocycles. The number of ether oxygens (including phenoxy) is 1. The van der Waals surface area contributed by atoms with Gasteiger partial charge in [-0.1, -0.05) is 19.9 Å². The van der Waals surface area contributed by atoms with Crippen LogP contribution in [0.3, 0.4) is 0 Å². The fraction of sp³-hybridized carbons (Fsp3) is 0.571. The molecule has 1 aliphatic rings. The molecule has 0 aliphatic carbocycles. The van der Waals surface area contributed by atoms with Gasteiger partial charge in [-0.15, -0.1) is 0 Å². The standard InChI is InChI=1S/C14H20FNO/c1-9(2)12(8-16)14(15)11-3-4-13-10(7-11)5-6-17-13/h3-4,7,9,12,14H,5-6,8,16H2,1-2H3. The summed E-state index contributed by atoms with van der Waals surface area (Å²) in [7, 11) is 0. The maximum atomic E-state index is 14.4. The van der Waals surface area contributed by atoms with Crippen molar-refractivity contribution in [2.24, 2.45) is 17.6 Å². The topological polar surface area (TPSA) is 35.2 Å². The molecule has 2 nitrogen and oxygen atoms in total. The molecule has 1 aromatic rings. The molecule has 2 N–H and O–H groups in total. The Hall–Kier alpha value is -1.09. The Morgan fingerprint density at radius 1 is 1.41 bits per heavy atom. The molecule has 0 amide bonds. The van der Waals surface area contributed by atoms with Crippen LogP contribution in [0.15, 0.2) is 18.2 Å².